The van der Waals surface area contributed by atoms with Gasteiger partial charge in [0.15, 0.2) is 0 Å². The number of amides is 1. The van der Waals surface area contributed by atoms with Crippen molar-refractivity contribution in [2.24, 2.45) is 0 Å². The van der Waals surface area contributed by atoms with Gasteiger partial charge in [-0.3, -0.25) is 4.79 Å². The Morgan fingerprint density at radius 1 is 1.35 bits per heavy atom. The minimum atomic E-state index is -0.492. The molecule has 20 heavy (non-hydrogen) atoms. The zero-order valence-electron chi connectivity index (χ0n) is 11.1. The zero-order chi connectivity index (χ0) is 14.7. The lowest BCUT2D eigenvalue weighted by atomic mass is 10.1. The highest BCUT2D eigenvalue weighted by molar-refractivity contribution is 6.36. The number of hydrogen-bond acceptors (Lipinski definition) is 3. The van der Waals surface area contributed by atoms with Crippen LogP contribution in [-0.4, -0.2) is 36.5 Å². The highest BCUT2D eigenvalue weighted by atomic mass is 35.5. The third kappa shape index (κ3) is 3.07. The number of carbonyl (C=O) groups excluding carboxylic acids is 2. The maximum Gasteiger partial charge on any atom is 0.328 e. The van der Waals surface area contributed by atoms with E-state index in [1.807, 2.05) is 0 Å². The van der Waals surface area contributed by atoms with Gasteiger partial charge in [0.05, 0.1) is 13.5 Å². The van der Waals surface area contributed by atoms with Crippen molar-refractivity contribution in [2.45, 2.75) is 25.3 Å². The van der Waals surface area contributed by atoms with Crippen LogP contribution in [0.15, 0.2) is 18.2 Å². The number of rotatable bonds is 3. The highest BCUT2D eigenvalue weighted by Crippen LogP contribution is 2.27. The highest BCUT2D eigenvalue weighted by Gasteiger charge is 2.34. The predicted molar refractivity (Wildman–Crippen MR) is 76.9 cm³/mol. The molecule has 0 saturated carbocycles. The van der Waals surface area contributed by atoms with Crippen molar-refractivity contribution in [3.63, 3.8) is 0 Å². The molecular weight excluding hydrogens is 301 g/mol. The molecule has 4 nitrogen and oxygen atoms in total. The normalized spacial score (nSPS) is 18.1. The number of esters is 1. The van der Waals surface area contributed by atoms with Gasteiger partial charge >= 0.3 is 5.97 Å². The second kappa shape index (κ2) is 6.46. The van der Waals surface area contributed by atoms with E-state index >= 15 is 0 Å². The maximum absolute atomic E-state index is 12.4. The minimum Gasteiger partial charge on any atom is -0.467 e. The lowest BCUT2D eigenvalue weighted by molar-refractivity contribution is -0.150. The van der Waals surface area contributed by atoms with Gasteiger partial charge in [-0.15, -0.1) is 0 Å². The Labute approximate surface area is 127 Å². The van der Waals surface area contributed by atoms with E-state index in [1.165, 1.54) is 7.11 Å². The van der Waals surface area contributed by atoms with Gasteiger partial charge in [0.1, 0.15) is 6.04 Å². The molecular formula is C14H15Cl2NO3. The Kier molecular flexibility index (Phi) is 4.89. The van der Waals surface area contributed by atoms with Crippen LogP contribution in [0.4, 0.5) is 0 Å². The fourth-order valence-corrected chi connectivity index (χ4v) is 2.93. The summed E-state index contributed by atoms with van der Waals surface area (Å²) in [6.45, 7) is 0.556. The first-order chi connectivity index (χ1) is 9.54. The number of hydrogen-bond donors (Lipinski definition) is 0. The van der Waals surface area contributed by atoms with Gasteiger partial charge in [0.25, 0.3) is 0 Å². The third-order valence-corrected chi connectivity index (χ3v) is 4.14. The summed E-state index contributed by atoms with van der Waals surface area (Å²) in [6.07, 6.45) is 1.52. The Bertz CT molecular complexity index is 513. The van der Waals surface area contributed by atoms with E-state index in [4.69, 9.17) is 27.9 Å². The molecule has 0 aromatic heterocycles. The fourth-order valence-electron chi connectivity index (χ4n) is 2.40. The predicted octanol–water partition coefficient (Wildman–Crippen LogP) is 2.70. The van der Waals surface area contributed by atoms with Crippen molar-refractivity contribution in [3.8, 4) is 0 Å². The van der Waals surface area contributed by atoms with E-state index < -0.39 is 6.04 Å². The van der Waals surface area contributed by atoms with Gasteiger partial charge < -0.3 is 9.64 Å². The Hall–Kier alpha value is -1.26. The molecule has 1 unspecified atom stereocenters. The standard InChI is InChI=1S/C14H15Cl2NO3/c1-20-14(19)12-6-3-7-17(12)13(18)8-9-10(15)4-2-5-11(9)16/h2,4-5,12H,3,6-8H2,1H3. The van der Waals surface area contributed by atoms with Crippen LogP contribution < -0.4 is 0 Å². The van der Waals surface area contributed by atoms with Gasteiger partial charge in [0.2, 0.25) is 5.91 Å². The molecule has 0 bridgehead atoms. The summed E-state index contributed by atoms with van der Waals surface area (Å²) in [4.78, 5) is 25.5. The molecule has 1 aliphatic rings. The molecule has 2 rings (SSSR count). The van der Waals surface area contributed by atoms with E-state index in [2.05, 4.69) is 0 Å². The molecule has 1 amide bonds. The van der Waals surface area contributed by atoms with Gasteiger partial charge in [0, 0.05) is 16.6 Å². The Balaban J connectivity index is 2.14. The van der Waals surface area contributed by atoms with Crippen LogP contribution >= 0.6 is 23.2 Å². The largest absolute Gasteiger partial charge is 0.467 e. The second-order valence-corrected chi connectivity index (χ2v) is 5.46. The summed E-state index contributed by atoms with van der Waals surface area (Å²) < 4.78 is 4.73. The first-order valence-electron chi connectivity index (χ1n) is 6.34. The van der Waals surface area contributed by atoms with Crippen LogP contribution in [0.5, 0.6) is 0 Å². The number of likely N-dealkylation sites (tertiary alicyclic amines) is 1. The van der Waals surface area contributed by atoms with E-state index in [-0.39, 0.29) is 18.3 Å². The average molecular weight is 316 g/mol. The van der Waals surface area contributed by atoms with E-state index in [0.717, 1.165) is 6.42 Å². The molecule has 0 aliphatic carbocycles. The third-order valence-electron chi connectivity index (χ3n) is 3.44. The van der Waals surface area contributed by atoms with E-state index in [1.54, 1.807) is 23.1 Å². The first kappa shape index (κ1) is 15.1. The minimum absolute atomic E-state index is 0.0893. The van der Waals surface area contributed by atoms with Crippen LogP contribution in [0.3, 0.4) is 0 Å². The lowest BCUT2D eigenvalue weighted by Crippen LogP contribution is -2.41. The molecule has 0 spiro atoms. The summed E-state index contributed by atoms with van der Waals surface area (Å²) in [5, 5.41) is 0.916. The summed E-state index contributed by atoms with van der Waals surface area (Å²) in [5.41, 5.74) is 0.594. The number of methoxy groups -OCH3 is 1. The van der Waals surface area contributed by atoms with Crippen molar-refractivity contribution in [2.75, 3.05) is 13.7 Å². The molecule has 1 aromatic carbocycles. The van der Waals surface area contributed by atoms with Crippen molar-refractivity contribution in [3.05, 3.63) is 33.8 Å². The molecule has 1 saturated heterocycles. The van der Waals surface area contributed by atoms with Crippen molar-refractivity contribution < 1.29 is 14.3 Å². The summed E-state index contributed by atoms with van der Waals surface area (Å²) in [7, 11) is 1.33. The van der Waals surface area contributed by atoms with Crippen LogP contribution in [0, 0.1) is 0 Å². The van der Waals surface area contributed by atoms with Crippen LogP contribution in [0.2, 0.25) is 10.0 Å². The van der Waals surface area contributed by atoms with Gasteiger partial charge in [-0.2, -0.15) is 0 Å². The van der Waals surface area contributed by atoms with E-state index in [0.29, 0.717) is 28.6 Å². The van der Waals surface area contributed by atoms with Crippen molar-refractivity contribution in [1.82, 2.24) is 4.90 Å². The van der Waals surface area contributed by atoms with Crippen LogP contribution in [0.25, 0.3) is 0 Å². The topological polar surface area (TPSA) is 46.6 Å². The molecule has 6 heteroatoms. The number of ether oxygens (including phenoxy) is 1. The molecule has 1 fully saturated rings. The number of carbonyl (C=O) groups is 2. The SMILES string of the molecule is COC(=O)C1CCCN1C(=O)Cc1c(Cl)cccc1Cl. The number of halogens is 2. The Morgan fingerprint density at radius 3 is 2.60 bits per heavy atom. The quantitative estimate of drug-likeness (QED) is 0.806. The lowest BCUT2D eigenvalue weighted by Gasteiger charge is -2.23. The second-order valence-electron chi connectivity index (χ2n) is 4.65. The summed E-state index contributed by atoms with van der Waals surface area (Å²) in [5.74, 6) is -0.533. The average Bonchev–Trinajstić information content (AvgIpc) is 2.91. The first-order valence-corrected chi connectivity index (χ1v) is 7.10. The smallest absolute Gasteiger partial charge is 0.328 e. The van der Waals surface area contributed by atoms with Crippen molar-refractivity contribution >= 4 is 35.1 Å². The zero-order valence-corrected chi connectivity index (χ0v) is 12.6. The Morgan fingerprint density at radius 2 is 2.00 bits per heavy atom. The van der Waals surface area contributed by atoms with Gasteiger partial charge in [-0.05, 0) is 30.5 Å². The van der Waals surface area contributed by atoms with Gasteiger partial charge in [-0.1, -0.05) is 29.3 Å². The number of benzene rings is 1. The van der Waals surface area contributed by atoms with E-state index in [9.17, 15) is 9.59 Å². The monoisotopic (exact) mass is 315 g/mol. The summed E-state index contributed by atoms with van der Waals surface area (Å²) >= 11 is 12.1. The molecule has 108 valence electrons. The van der Waals surface area contributed by atoms with Crippen molar-refractivity contribution in [1.29, 1.82) is 0 Å². The van der Waals surface area contributed by atoms with Crippen LogP contribution in [0.1, 0.15) is 18.4 Å². The molecule has 0 radical (unpaired) electrons. The van der Waals surface area contributed by atoms with Crippen LogP contribution in [-0.2, 0) is 20.7 Å². The molecule has 1 atom stereocenters. The molecule has 1 aliphatic heterocycles. The molecule has 1 heterocycles. The fraction of sp³-hybridized carbons (Fsp3) is 0.429. The summed E-state index contributed by atoms with van der Waals surface area (Å²) in [6, 6.07) is 4.62. The number of nitrogens with zero attached hydrogens (tertiary/aromatic N) is 1. The maximum atomic E-state index is 12.4. The molecule has 1 aromatic rings. The molecule has 0 N–H and O–H groups in total. The van der Waals surface area contributed by atoms with Gasteiger partial charge in [-0.25, -0.2) is 4.79 Å².